The van der Waals surface area contributed by atoms with E-state index >= 15 is 0 Å². The summed E-state index contributed by atoms with van der Waals surface area (Å²) in [6.07, 6.45) is 1.93. The third kappa shape index (κ3) is 2.64. The fourth-order valence-corrected chi connectivity index (χ4v) is 4.24. The van der Waals surface area contributed by atoms with E-state index in [1.807, 2.05) is 6.34 Å². The molecule has 1 aliphatic heterocycles. The maximum absolute atomic E-state index is 4.39. The lowest BCUT2D eigenvalue weighted by molar-refractivity contribution is 0.438. The van der Waals surface area contributed by atoms with Crippen molar-refractivity contribution in [3.8, 4) is 0 Å². The maximum atomic E-state index is 4.39. The van der Waals surface area contributed by atoms with E-state index in [-0.39, 0.29) is 0 Å². The topological polar surface area (TPSA) is 15.6 Å². The van der Waals surface area contributed by atoms with E-state index in [1.54, 1.807) is 0 Å². The highest BCUT2D eigenvalue weighted by Crippen LogP contribution is 2.28. The Balaban J connectivity index is 2.33. The Morgan fingerprint density at radius 1 is 1.33 bits per heavy atom. The van der Waals surface area contributed by atoms with Crippen molar-refractivity contribution in [1.82, 2.24) is 4.90 Å². The Morgan fingerprint density at radius 2 is 2.00 bits per heavy atom. The highest BCUT2D eigenvalue weighted by atomic mass is 127. The van der Waals surface area contributed by atoms with Crippen LogP contribution in [0.3, 0.4) is 0 Å². The van der Waals surface area contributed by atoms with Crippen molar-refractivity contribution in [3.63, 3.8) is 0 Å². The predicted molar refractivity (Wildman–Crippen MR) is 80.6 cm³/mol. The second-order valence-electron chi connectivity index (χ2n) is 3.75. The molecular weight excluding hydrogens is 414 g/mol. The second-order valence-corrected chi connectivity index (χ2v) is 6.08. The van der Waals surface area contributed by atoms with E-state index in [9.17, 15) is 0 Å². The molecule has 1 unspecified atom stereocenters. The average Bonchev–Trinajstić information content (AvgIpc) is 2.17. The Kier molecular flexibility index (Phi) is 3.87. The van der Waals surface area contributed by atoms with Crippen molar-refractivity contribution in [2.75, 3.05) is 20.1 Å². The van der Waals surface area contributed by atoms with Gasteiger partial charge < -0.3 is 4.90 Å². The molecular formula is C11H12I2N2. The molecule has 1 aromatic carbocycles. The van der Waals surface area contributed by atoms with Gasteiger partial charge >= 0.3 is 0 Å². The van der Waals surface area contributed by atoms with Crippen LogP contribution in [-0.4, -0.2) is 31.4 Å². The number of halogens is 2. The zero-order chi connectivity index (χ0) is 10.8. The summed E-state index contributed by atoms with van der Waals surface area (Å²) in [4.78, 5) is 6.55. The van der Waals surface area contributed by atoms with Crippen LogP contribution in [0.25, 0.3) is 0 Å². The molecule has 1 atom stereocenters. The molecule has 1 aromatic rings. The first-order chi connectivity index (χ1) is 7.18. The zero-order valence-corrected chi connectivity index (χ0v) is 12.8. The highest BCUT2D eigenvalue weighted by molar-refractivity contribution is 14.1. The van der Waals surface area contributed by atoms with Gasteiger partial charge in [-0.05, 0) is 62.9 Å². The molecule has 0 N–H and O–H groups in total. The summed E-state index contributed by atoms with van der Waals surface area (Å²) in [5.74, 6) is 0.542. The lowest BCUT2D eigenvalue weighted by atomic mass is 9.98. The molecule has 0 aliphatic carbocycles. The van der Waals surface area contributed by atoms with Gasteiger partial charge in [-0.15, -0.1) is 0 Å². The van der Waals surface area contributed by atoms with Crippen molar-refractivity contribution in [1.29, 1.82) is 0 Å². The third-order valence-corrected chi connectivity index (χ3v) is 4.40. The average molecular weight is 426 g/mol. The standard InChI is InChI=1S/C11H12I2N2/c1-15-6-8(5-14-7-15)11-9(12)3-2-4-10(11)13/h2-4,7-8H,5-6H2,1H3. The minimum absolute atomic E-state index is 0.542. The molecule has 0 aromatic heterocycles. The molecule has 0 bridgehead atoms. The van der Waals surface area contributed by atoms with E-state index in [4.69, 9.17) is 0 Å². The molecule has 0 saturated carbocycles. The van der Waals surface area contributed by atoms with E-state index in [2.05, 4.69) is 80.3 Å². The van der Waals surface area contributed by atoms with Crippen LogP contribution in [-0.2, 0) is 0 Å². The van der Waals surface area contributed by atoms with Gasteiger partial charge in [-0.3, -0.25) is 4.99 Å². The van der Waals surface area contributed by atoms with Gasteiger partial charge in [-0.25, -0.2) is 0 Å². The normalized spacial score (nSPS) is 20.7. The van der Waals surface area contributed by atoms with Gasteiger partial charge in [0.05, 0.1) is 6.34 Å². The van der Waals surface area contributed by atoms with Gasteiger partial charge in [0.25, 0.3) is 0 Å². The number of benzene rings is 1. The van der Waals surface area contributed by atoms with Gasteiger partial charge in [0, 0.05) is 33.2 Å². The summed E-state index contributed by atoms with van der Waals surface area (Å²) in [6, 6.07) is 6.47. The van der Waals surface area contributed by atoms with Gasteiger partial charge in [-0.1, -0.05) is 6.07 Å². The molecule has 1 heterocycles. The van der Waals surface area contributed by atoms with Gasteiger partial charge in [0.1, 0.15) is 0 Å². The van der Waals surface area contributed by atoms with Gasteiger partial charge in [0.15, 0.2) is 0 Å². The Hall–Kier alpha value is 0.150. The van der Waals surface area contributed by atoms with Gasteiger partial charge in [0.2, 0.25) is 0 Å². The zero-order valence-electron chi connectivity index (χ0n) is 8.45. The third-order valence-electron chi connectivity index (χ3n) is 2.52. The number of nitrogens with zero attached hydrogens (tertiary/aromatic N) is 2. The first-order valence-corrected chi connectivity index (χ1v) is 6.98. The van der Waals surface area contributed by atoms with Crippen LogP contribution in [0.1, 0.15) is 11.5 Å². The molecule has 0 fully saturated rings. The summed E-state index contributed by atoms with van der Waals surface area (Å²) in [5.41, 5.74) is 1.46. The quantitative estimate of drug-likeness (QED) is 0.631. The first kappa shape index (κ1) is 11.6. The minimum atomic E-state index is 0.542. The molecule has 0 spiro atoms. The Bertz CT molecular complexity index is 370. The van der Waals surface area contributed by atoms with Crippen LogP contribution in [0.4, 0.5) is 0 Å². The monoisotopic (exact) mass is 426 g/mol. The summed E-state index contributed by atoms with van der Waals surface area (Å²) >= 11 is 4.84. The van der Waals surface area contributed by atoms with Crippen molar-refractivity contribution in [2.45, 2.75) is 5.92 Å². The van der Waals surface area contributed by atoms with Crippen LogP contribution in [0.2, 0.25) is 0 Å². The van der Waals surface area contributed by atoms with Crippen molar-refractivity contribution in [3.05, 3.63) is 30.9 Å². The predicted octanol–water partition coefficient (Wildman–Crippen LogP) is 2.95. The van der Waals surface area contributed by atoms with Crippen molar-refractivity contribution >= 4 is 51.5 Å². The summed E-state index contributed by atoms with van der Waals surface area (Å²) in [5, 5.41) is 0. The molecule has 1 aliphatic rings. The molecule has 0 saturated heterocycles. The molecule has 2 rings (SSSR count). The largest absolute Gasteiger partial charge is 0.365 e. The number of aliphatic imine (C=N–C) groups is 1. The Morgan fingerprint density at radius 3 is 2.60 bits per heavy atom. The number of likely N-dealkylation sites (N-methyl/N-ethyl adjacent to an activating group) is 1. The first-order valence-electron chi connectivity index (χ1n) is 4.82. The molecule has 4 heteroatoms. The summed E-state index contributed by atoms with van der Waals surface area (Å²) in [7, 11) is 2.08. The van der Waals surface area contributed by atoms with E-state index in [0.717, 1.165) is 13.1 Å². The fraction of sp³-hybridized carbons (Fsp3) is 0.364. The molecule has 0 radical (unpaired) electrons. The van der Waals surface area contributed by atoms with Crippen LogP contribution in [0.5, 0.6) is 0 Å². The van der Waals surface area contributed by atoms with Crippen LogP contribution in [0, 0.1) is 7.14 Å². The number of rotatable bonds is 1. The SMILES string of the molecule is CN1C=NCC(c2c(I)cccc2I)C1. The maximum Gasteiger partial charge on any atom is 0.0847 e. The fourth-order valence-electron chi connectivity index (χ4n) is 1.85. The van der Waals surface area contributed by atoms with Crippen LogP contribution in [0.15, 0.2) is 23.2 Å². The Labute approximate surface area is 117 Å². The lowest BCUT2D eigenvalue weighted by Crippen LogP contribution is -2.30. The summed E-state index contributed by atoms with van der Waals surface area (Å²) in [6.45, 7) is 1.99. The number of hydrogen-bond acceptors (Lipinski definition) is 2. The smallest absolute Gasteiger partial charge is 0.0847 e. The number of hydrogen-bond donors (Lipinski definition) is 0. The van der Waals surface area contributed by atoms with Gasteiger partial charge in [-0.2, -0.15) is 0 Å². The van der Waals surface area contributed by atoms with E-state index in [1.165, 1.54) is 12.7 Å². The molecule has 15 heavy (non-hydrogen) atoms. The molecule has 80 valence electrons. The minimum Gasteiger partial charge on any atom is -0.365 e. The lowest BCUT2D eigenvalue weighted by Gasteiger charge is -2.27. The molecule has 0 amide bonds. The van der Waals surface area contributed by atoms with Crippen molar-refractivity contribution in [2.24, 2.45) is 4.99 Å². The molecule has 2 nitrogen and oxygen atoms in total. The second kappa shape index (κ2) is 4.99. The van der Waals surface area contributed by atoms with E-state index in [0.29, 0.717) is 5.92 Å². The highest BCUT2D eigenvalue weighted by Gasteiger charge is 2.20. The summed E-state index contributed by atoms with van der Waals surface area (Å²) < 4.78 is 2.71. The van der Waals surface area contributed by atoms with Crippen LogP contribution < -0.4 is 0 Å². The van der Waals surface area contributed by atoms with E-state index < -0.39 is 0 Å². The van der Waals surface area contributed by atoms with Crippen molar-refractivity contribution < 1.29 is 0 Å². The van der Waals surface area contributed by atoms with Crippen LogP contribution >= 0.6 is 45.2 Å².